The number of carbonyl (C=O) groups excluding carboxylic acids is 2. The molecule has 4 heterocycles. The number of urea groups is 1. The monoisotopic (exact) mass is 507 g/mol. The molecule has 2 N–H and O–H groups in total. The van der Waals surface area contributed by atoms with Crippen LogP contribution >= 0.6 is 0 Å². The van der Waals surface area contributed by atoms with Crippen molar-refractivity contribution in [3.63, 3.8) is 0 Å². The standard InChI is InChI=1S/C26H33N7O4/c1-26(2,3)37-25(36)31-11-9-17(10-12-31)13-27-24(35)32-15-18(16-32)21-29-22-20(23(34)30-21)14-28-33(22)19-7-5-4-6-8-19/h4-8,14,17-18H,9-13,15-16H2,1-3H3,(H,27,35)(H,29,30,34). The quantitative estimate of drug-likeness (QED) is 0.559. The number of piperidine rings is 1. The molecule has 0 bridgehead atoms. The summed E-state index contributed by atoms with van der Waals surface area (Å²) < 4.78 is 7.10. The second-order valence-electron chi connectivity index (χ2n) is 10.8. The third-order valence-corrected chi connectivity index (χ3v) is 6.82. The van der Waals surface area contributed by atoms with Crippen LogP contribution in [0, 0.1) is 5.92 Å². The van der Waals surface area contributed by atoms with Crippen LogP contribution in [0.15, 0.2) is 41.3 Å². The van der Waals surface area contributed by atoms with Crippen LogP contribution in [0.1, 0.15) is 45.4 Å². The van der Waals surface area contributed by atoms with Gasteiger partial charge in [0.05, 0.1) is 17.8 Å². The summed E-state index contributed by atoms with van der Waals surface area (Å²) in [5.74, 6) is 0.839. The number of H-pyrrole nitrogens is 1. The molecule has 3 aromatic rings. The molecule has 2 aliphatic heterocycles. The maximum atomic E-state index is 12.7. The summed E-state index contributed by atoms with van der Waals surface area (Å²) in [5, 5.41) is 7.80. The Kier molecular flexibility index (Phi) is 6.61. The minimum atomic E-state index is -0.506. The zero-order valence-corrected chi connectivity index (χ0v) is 21.4. The zero-order valence-electron chi connectivity index (χ0n) is 21.4. The largest absolute Gasteiger partial charge is 0.444 e. The number of ether oxygens (including phenoxy) is 1. The van der Waals surface area contributed by atoms with Crippen LogP contribution in [0.4, 0.5) is 9.59 Å². The van der Waals surface area contributed by atoms with Crippen molar-refractivity contribution in [2.45, 2.75) is 45.1 Å². The molecule has 0 radical (unpaired) electrons. The number of hydrogen-bond acceptors (Lipinski definition) is 6. The molecule has 0 atom stereocenters. The maximum Gasteiger partial charge on any atom is 0.410 e. The lowest BCUT2D eigenvalue weighted by molar-refractivity contribution is 0.0183. The van der Waals surface area contributed by atoms with Crippen molar-refractivity contribution >= 4 is 23.2 Å². The summed E-state index contributed by atoms with van der Waals surface area (Å²) in [6.07, 6.45) is 2.89. The van der Waals surface area contributed by atoms with Crippen LogP contribution in [-0.4, -0.2) is 80.0 Å². The van der Waals surface area contributed by atoms with Gasteiger partial charge in [-0.1, -0.05) is 18.2 Å². The highest BCUT2D eigenvalue weighted by Gasteiger charge is 2.34. The molecule has 0 aliphatic carbocycles. The SMILES string of the molecule is CC(C)(C)OC(=O)N1CCC(CNC(=O)N2CC(c3nc4c(cnn4-c4ccccc4)c(=O)[nH]3)C2)CC1. The van der Waals surface area contributed by atoms with Crippen LogP contribution in [0.25, 0.3) is 16.7 Å². The van der Waals surface area contributed by atoms with E-state index in [4.69, 9.17) is 9.72 Å². The molecule has 11 heteroatoms. The highest BCUT2D eigenvalue weighted by Crippen LogP contribution is 2.26. The summed E-state index contributed by atoms with van der Waals surface area (Å²) in [5.41, 5.74) is 0.593. The predicted molar refractivity (Wildman–Crippen MR) is 138 cm³/mol. The number of aromatic amines is 1. The van der Waals surface area contributed by atoms with Crippen LogP contribution in [0.5, 0.6) is 0 Å². The van der Waals surface area contributed by atoms with Gasteiger partial charge >= 0.3 is 12.1 Å². The lowest BCUT2D eigenvalue weighted by Crippen LogP contribution is -2.54. The number of rotatable bonds is 4. The Morgan fingerprint density at radius 1 is 1.11 bits per heavy atom. The molecule has 196 valence electrons. The van der Waals surface area contributed by atoms with Gasteiger partial charge in [-0.05, 0) is 51.7 Å². The summed E-state index contributed by atoms with van der Waals surface area (Å²) in [7, 11) is 0. The van der Waals surface area contributed by atoms with Gasteiger partial charge < -0.3 is 24.8 Å². The molecule has 2 fully saturated rings. The molecular formula is C26H33N7O4. The predicted octanol–water partition coefficient (Wildman–Crippen LogP) is 2.86. The molecule has 5 rings (SSSR count). The van der Waals surface area contributed by atoms with Crippen molar-refractivity contribution < 1.29 is 14.3 Å². The Morgan fingerprint density at radius 3 is 2.49 bits per heavy atom. The molecule has 37 heavy (non-hydrogen) atoms. The Bertz CT molecular complexity index is 1330. The van der Waals surface area contributed by atoms with Crippen molar-refractivity contribution in [3.05, 3.63) is 52.7 Å². The fraction of sp³-hybridized carbons (Fsp3) is 0.500. The zero-order chi connectivity index (χ0) is 26.2. The molecule has 0 saturated carbocycles. The van der Waals surface area contributed by atoms with E-state index in [1.165, 1.54) is 6.20 Å². The summed E-state index contributed by atoms with van der Waals surface area (Å²) in [4.78, 5) is 48.6. The highest BCUT2D eigenvalue weighted by atomic mass is 16.6. The first kappa shape index (κ1) is 24.8. The van der Waals surface area contributed by atoms with Crippen molar-refractivity contribution in [1.29, 1.82) is 0 Å². The first-order valence-electron chi connectivity index (χ1n) is 12.7. The molecular weight excluding hydrogens is 474 g/mol. The summed E-state index contributed by atoms with van der Waals surface area (Å²) >= 11 is 0. The molecule has 0 unspecified atom stereocenters. The third kappa shape index (κ3) is 5.45. The van der Waals surface area contributed by atoms with Gasteiger partial charge in [0, 0.05) is 32.7 Å². The van der Waals surface area contributed by atoms with Gasteiger partial charge in [-0.3, -0.25) is 4.79 Å². The number of nitrogens with zero attached hydrogens (tertiary/aromatic N) is 5. The van der Waals surface area contributed by atoms with Gasteiger partial charge in [0.2, 0.25) is 0 Å². The van der Waals surface area contributed by atoms with Gasteiger partial charge in [-0.2, -0.15) is 5.10 Å². The Morgan fingerprint density at radius 2 is 1.81 bits per heavy atom. The van der Waals surface area contributed by atoms with Gasteiger partial charge in [0.25, 0.3) is 5.56 Å². The van der Waals surface area contributed by atoms with Crippen molar-refractivity contribution in [2.24, 2.45) is 5.92 Å². The molecule has 2 aliphatic rings. The molecule has 0 spiro atoms. The molecule has 3 amide bonds. The maximum absolute atomic E-state index is 12.7. The summed E-state index contributed by atoms with van der Waals surface area (Å²) in [6.45, 7) is 8.37. The van der Waals surface area contributed by atoms with E-state index in [0.717, 1.165) is 18.5 Å². The van der Waals surface area contributed by atoms with Crippen molar-refractivity contribution in [1.82, 2.24) is 34.9 Å². The van der Waals surface area contributed by atoms with Crippen molar-refractivity contribution in [3.8, 4) is 5.69 Å². The number of likely N-dealkylation sites (tertiary alicyclic amines) is 2. The van der Waals surface area contributed by atoms with Crippen LogP contribution in [0.3, 0.4) is 0 Å². The van der Waals surface area contributed by atoms with E-state index in [9.17, 15) is 14.4 Å². The average Bonchev–Trinajstić information content (AvgIpc) is 3.26. The second kappa shape index (κ2) is 9.87. The van der Waals surface area contributed by atoms with E-state index in [1.807, 2.05) is 51.1 Å². The van der Waals surface area contributed by atoms with Crippen LogP contribution < -0.4 is 10.9 Å². The lowest BCUT2D eigenvalue weighted by Gasteiger charge is -2.39. The first-order chi connectivity index (χ1) is 17.7. The minimum absolute atomic E-state index is 0.0426. The van der Waals surface area contributed by atoms with E-state index in [2.05, 4.69) is 15.4 Å². The third-order valence-electron chi connectivity index (χ3n) is 6.82. The van der Waals surface area contributed by atoms with Gasteiger partial charge in [-0.15, -0.1) is 0 Å². The van der Waals surface area contributed by atoms with Gasteiger partial charge in [-0.25, -0.2) is 19.3 Å². The van der Waals surface area contributed by atoms with Crippen molar-refractivity contribution in [2.75, 3.05) is 32.7 Å². The molecule has 2 aromatic heterocycles. The minimum Gasteiger partial charge on any atom is -0.444 e. The van der Waals surface area contributed by atoms with Gasteiger partial charge in [0.1, 0.15) is 16.8 Å². The van der Waals surface area contributed by atoms with Crippen LogP contribution in [0.2, 0.25) is 0 Å². The number of benzene rings is 1. The molecule has 2 saturated heterocycles. The first-order valence-corrected chi connectivity index (χ1v) is 12.7. The van der Waals surface area contributed by atoms with E-state index >= 15 is 0 Å². The highest BCUT2D eigenvalue weighted by molar-refractivity contribution is 5.76. The molecule has 1 aromatic carbocycles. The van der Waals surface area contributed by atoms with E-state index < -0.39 is 5.60 Å². The normalized spacial score (nSPS) is 17.1. The van der Waals surface area contributed by atoms with Gasteiger partial charge in [0.15, 0.2) is 5.65 Å². The number of fused-ring (bicyclic) bond motifs is 1. The summed E-state index contributed by atoms with van der Waals surface area (Å²) in [6, 6.07) is 9.43. The molecule has 11 nitrogen and oxygen atoms in total. The van der Waals surface area contributed by atoms with E-state index in [-0.39, 0.29) is 23.6 Å². The number of hydrogen-bond donors (Lipinski definition) is 2. The number of para-hydroxylation sites is 1. The van der Waals surface area contributed by atoms with Crippen LogP contribution in [-0.2, 0) is 4.74 Å². The lowest BCUT2D eigenvalue weighted by atomic mass is 9.97. The average molecular weight is 508 g/mol. The second-order valence-corrected chi connectivity index (χ2v) is 10.8. The van der Waals surface area contributed by atoms with E-state index in [1.54, 1.807) is 14.5 Å². The fourth-order valence-electron chi connectivity index (χ4n) is 4.69. The fourth-order valence-corrected chi connectivity index (χ4v) is 4.69. The smallest absolute Gasteiger partial charge is 0.410 e. The number of amides is 3. The topological polar surface area (TPSA) is 125 Å². The number of carbonyl (C=O) groups is 2. The Hall–Kier alpha value is -3.89. The number of aromatic nitrogens is 4. The Balaban J connectivity index is 1.12. The van der Waals surface area contributed by atoms with E-state index in [0.29, 0.717) is 55.5 Å². The number of nitrogens with one attached hydrogen (secondary N) is 2. The Labute approximate surface area is 214 Å².